The molecule has 0 bridgehead atoms. The van der Waals surface area contributed by atoms with Crippen LogP contribution >= 0.6 is 24.8 Å². The first-order valence-corrected chi connectivity index (χ1v) is 3.99. The second kappa shape index (κ2) is 9.71. The molecule has 4 nitrogen and oxygen atoms in total. The maximum Gasteiger partial charge on any atom is 0.319 e. The first kappa shape index (κ1) is 16.6. The molecule has 0 saturated heterocycles. The van der Waals surface area contributed by atoms with Gasteiger partial charge in [0.15, 0.2) is 0 Å². The van der Waals surface area contributed by atoms with Gasteiger partial charge in [-0.15, -0.1) is 24.8 Å². The van der Waals surface area contributed by atoms with Crippen LogP contribution in [-0.4, -0.2) is 24.6 Å². The van der Waals surface area contributed by atoms with Gasteiger partial charge in [0.25, 0.3) is 0 Å². The zero-order valence-electron chi connectivity index (χ0n) is 8.30. The summed E-state index contributed by atoms with van der Waals surface area (Å²) in [7, 11) is 1.37. The van der Waals surface area contributed by atoms with Crippen molar-refractivity contribution in [3.8, 4) is 0 Å². The lowest BCUT2D eigenvalue weighted by Gasteiger charge is -2.02. The third kappa shape index (κ3) is 7.13. The van der Waals surface area contributed by atoms with Gasteiger partial charge in [0.05, 0.1) is 13.7 Å². The molecule has 0 saturated carbocycles. The SMILES string of the molecule is COC(=O)CNCc1ccncc1.Cl.Cl. The third-order valence-electron chi connectivity index (χ3n) is 1.58. The van der Waals surface area contributed by atoms with Crippen molar-refractivity contribution in [2.45, 2.75) is 6.54 Å². The molecule has 15 heavy (non-hydrogen) atoms. The average Bonchev–Trinajstić information content (AvgIpc) is 2.19. The summed E-state index contributed by atoms with van der Waals surface area (Å²) in [6.45, 7) is 0.885. The van der Waals surface area contributed by atoms with Crippen molar-refractivity contribution in [1.82, 2.24) is 10.3 Å². The molecule has 1 N–H and O–H groups in total. The second-order valence-electron chi connectivity index (χ2n) is 2.54. The fourth-order valence-electron chi connectivity index (χ4n) is 0.882. The number of aromatic nitrogens is 1. The van der Waals surface area contributed by atoms with E-state index in [4.69, 9.17) is 0 Å². The number of esters is 1. The molecule has 86 valence electrons. The van der Waals surface area contributed by atoms with Crippen molar-refractivity contribution in [1.29, 1.82) is 0 Å². The Balaban J connectivity index is 0. The number of nitrogens with zero attached hydrogens (tertiary/aromatic N) is 1. The average molecular weight is 253 g/mol. The van der Waals surface area contributed by atoms with Crippen LogP contribution in [0.15, 0.2) is 24.5 Å². The largest absolute Gasteiger partial charge is 0.468 e. The van der Waals surface area contributed by atoms with E-state index in [2.05, 4.69) is 15.0 Å². The molecule has 1 aromatic heterocycles. The van der Waals surface area contributed by atoms with E-state index in [0.29, 0.717) is 6.54 Å². The highest BCUT2D eigenvalue weighted by molar-refractivity contribution is 5.85. The normalized spacial score (nSPS) is 8.33. The van der Waals surface area contributed by atoms with Crippen molar-refractivity contribution in [2.24, 2.45) is 0 Å². The van der Waals surface area contributed by atoms with Crippen LogP contribution < -0.4 is 5.32 Å². The van der Waals surface area contributed by atoms with Gasteiger partial charge in [-0.3, -0.25) is 9.78 Å². The smallest absolute Gasteiger partial charge is 0.319 e. The van der Waals surface area contributed by atoms with E-state index in [1.54, 1.807) is 12.4 Å². The highest BCUT2D eigenvalue weighted by Gasteiger charge is 1.97. The van der Waals surface area contributed by atoms with Gasteiger partial charge in [-0.1, -0.05) is 0 Å². The van der Waals surface area contributed by atoms with Crippen LogP contribution in [0, 0.1) is 0 Å². The number of ether oxygens (including phenoxy) is 1. The summed E-state index contributed by atoms with van der Waals surface area (Å²) in [5.74, 6) is -0.256. The van der Waals surface area contributed by atoms with Crippen LogP contribution in [0.2, 0.25) is 0 Å². The van der Waals surface area contributed by atoms with Crippen LogP contribution in [0.1, 0.15) is 5.56 Å². The van der Waals surface area contributed by atoms with E-state index >= 15 is 0 Å². The number of nitrogens with one attached hydrogen (secondary N) is 1. The summed E-state index contributed by atoms with van der Waals surface area (Å²) in [5, 5.41) is 2.95. The minimum absolute atomic E-state index is 0. The number of pyridine rings is 1. The predicted octanol–water partition coefficient (Wildman–Crippen LogP) is 1.19. The number of carbonyl (C=O) groups excluding carboxylic acids is 1. The molecule has 0 aliphatic heterocycles. The van der Waals surface area contributed by atoms with Gasteiger partial charge >= 0.3 is 5.97 Å². The lowest BCUT2D eigenvalue weighted by atomic mass is 10.3. The van der Waals surface area contributed by atoms with Gasteiger partial charge in [-0.25, -0.2) is 0 Å². The van der Waals surface area contributed by atoms with Crippen LogP contribution in [-0.2, 0) is 16.1 Å². The maximum absolute atomic E-state index is 10.7. The zero-order valence-corrected chi connectivity index (χ0v) is 9.94. The van der Waals surface area contributed by atoms with E-state index in [1.165, 1.54) is 7.11 Å². The van der Waals surface area contributed by atoms with Crippen molar-refractivity contribution < 1.29 is 9.53 Å². The fraction of sp³-hybridized carbons (Fsp3) is 0.333. The Hall–Kier alpha value is -0.840. The Morgan fingerprint density at radius 2 is 2.00 bits per heavy atom. The molecule has 1 rings (SSSR count). The molecule has 0 amide bonds. The first-order valence-electron chi connectivity index (χ1n) is 3.99. The summed E-state index contributed by atoms with van der Waals surface area (Å²) < 4.78 is 4.47. The highest BCUT2D eigenvalue weighted by Crippen LogP contribution is 1.93. The maximum atomic E-state index is 10.7. The Kier molecular flexibility index (Phi) is 10.7. The van der Waals surface area contributed by atoms with Gasteiger partial charge in [0, 0.05) is 18.9 Å². The lowest BCUT2D eigenvalue weighted by Crippen LogP contribution is -2.23. The molecular formula is C9H14Cl2N2O2. The molecule has 0 unspecified atom stereocenters. The number of rotatable bonds is 4. The molecule has 0 aliphatic carbocycles. The molecular weight excluding hydrogens is 239 g/mol. The molecule has 0 aliphatic rings. The molecule has 1 aromatic rings. The lowest BCUT2D eigenvalue weighted by molar-refractivity contribution is -0.139. The van der Waals surface area contributed by atoms with Crippen molar-refractivity contribution in [3.05, 3.63) is 30.1 Å². The van der Waals surface area contributed by atoms with Gasteiger partial charge in [-0.05, 0) is 17.7 Å². The summed E-state index contributed by atoms with van der Waals surface area (Å²) in [5.41, 5.74) is 1.10. The summed E-state index contributed by atoms with van der Waals surface area (Å²) in [4.78, 5) is 14.6. The van der Waals surface area contributed by atoms with Crippen LogP contribution in [0.4, 0.5) is 0 Å². The number of hydrogen-bond acceptors (Lipinski definition) is 4. The molecule has 0 spiro atoms. The van der Waals surface area contributed by atoms with Crippen molar-refractivity contribution in [3.63, 3.8) is 0 Å². The van der Waals surface area contributed by atoms with E-state index in [1.807, 2.05) is 12.1 Å². The van der Waals surface area contributed by atoms with Crippen molar-refractivity contribution >= 4 is 30.8 Å². The van der Waals surface area contributed by atoms with Gasteiger partial charge in [-0.2, -0.15) is 0 Å². The zero-order chi connectivity index (χ0) is 9.52. The monoisotopic (exact) mass is 252 g/mol. The van der Waals surface area contributed by atoms with E-state index in [9.17, 15) is 4.79 Å². The predicted molar refractivity (Wildman–Crippen MR) is 62.5 cm³/mol. The fourth-order valence-corrected chi connectivity index (χ4v) is 0.882. The number of halogens is 2. The minimum Gasteiger partial charge on any atom is -0.468 e. The topological polar surface area (TPSA) is 51.2 Å². The van der Waals surface area contributed by atoms with E-state index in [-0.39, 0.29) is 37.3 Å². The van der Waals surface area contributed by atoms with Crippen LogP contribution in [0.3, 0.4) is 0 Å². The Labute approximate surface area is 101 Å². The molecule has 1 heterocycles. The Morgan fingerprint density at radius 3 is 2.53 bits per heavy atom. The van der Waals surface area contributed by atoms with Crippen molar-refractivity contribution in [2.75, 3.05) is 13.7 Å². The number of hydrogen-bond donors (Lipinski definition) is 1. The minimum atomic E-state index is -0.256. The second-order valence-corrected chi connectivity index (χ2v) is 2.54. The summed E-state index contributed by atoms with van der Waals surface area (Å²) in [6, 6.07) is 3.79. The van der Waals surface area contributed by atoms with Gasteiger partial charge in [0.2, 0.25) is 0 Å². The third-order valence-corrected chi connectivity index (χ3v) is 1.58. The van der Waals surface area contributed by atoms with E-state index in [0.717, 1.165) is 5.56 Å². The number of methoxy groups -OCH3 is 1. The molecule has 6 heteroatoms. The summed E-state index contributed by atoms with van der Waals surface area (Å²) in [6.07, 6.45) is 3.43. The summed E-state index contributed by atoms with van der Waals surface area (Å²) >= 11 is 0. The molecule has 0 radical (unpaired) electrons. The standard InChI is InChI=1S/C9H12N2O2.2ClH/c1-13-9(12)7-11-6-8-2-4-10-5-3-8;;/h2-5,11H,6-7H2,1H3;2*1H. The van der Waals surface area contributed by atoms with Gasteiger partial charge < -0.3 is 10.1 Å². The van der Waals surface area contributed by atoms with E-state index < -0.39 is 0 Å². The van der Waals surface area contributed by atoms with Crippen LogP contribution in [0.5, 0.6) is 0 Å². The van der Waals surface area contributed by atoms with Gasteiger partial charge in [0.1, 0.15) is 0 Å². The number of carbonyl (C=O) groups is 1. The first-order chi connectivity index (χ1) is 6.33. The molecule has 0 aromatic carbocycles. The molecule has 0 atom stereocenters. The molecule has 0 fully saturated rings. The van der Waals surface area contributed by atoms with Crippen LogP contribution in [0.25, 0.3) is 0 Å². The quantitative estimate of drug-likeness (QED) is 0.819. The Bertz CT molecular complexity index is 270. The highest BCUT2D eigenvalue weighted by atomic mass is 35.5. The Morgan fingerprint density at radius 1 is 1.40 bits per heavy atom.